The highest BCUT2D eigenvalue weighted by Crippen LogP contribution is 2.45. The van der Waals surface area contributed by atoms with Crippen molar-refractivity contribution in [3.8, 4) is 0 Å². The third-order valence-corrected chi connectivity index (χ3v) is 9.75. The molecule has 0 amide bonds. The fourth-order valence-corrected chi connectivity index (χ4v) is 8.69. The van der Waals surface area contributed by atoms with Crippen molar-refractivity contribution in [2.75, 3.05) is 0 Å². The zero-order valence-electron chi connectivity index (χ0n) is 14.7. The summed E-state index contributed by atoms with van der Waals surface area (Å²) in [7, 11) is -1.53. The molecule has 1 nitrogen and oxygen atoms in total. The van der Waals surface area contributed by atoms with Crippen molar-refractivity contribution in [1.82, 2.24) is 0 Å². The molecule has 0 saturated heterocycles. The van der Waals surface area contributed by atoms with E-state index in [4.69, 9.17) is 4.99 Å². The van der Waals surface area contributed by atoms with Crippen molar-refractivity contribution in [2.45, 2.75) is 71.4 Å². The molecular formula is C19H29NSSi. The van der Waals surface area contributed by atoms with Crippen LogP contribution < -0.4 is 0 Å². The largest absolute Gasteiger partial charge is 0.266 e. The quantitative estimate of drug-likeness (QED) is 0.589. The first-order chi connectivity index (χ1) is 10.2. The van der Waals surface area contributed by atoms with Crippen LogP contribution in [0.4, 0.5) is 0 Å². The van der Waals surface area contributed by atoms with Gasteiger partial charge in [-0.2, -0.15) is 0 Å². The highest BCUT2D eigenvalue weighted by molar-refractivity contribution is 7.13. The topological polar surface area (TPSA) is 12.4 Å². The van der Waals surface area contributed by atoms with E-state index < -0.39 is 8.07 Å². The maximum absolute atomic E-state index is 5.22. The predicted octanol–water partition coefficient (Wildman–Crippen LogP) is 6.12. The van der Waals surface area contributed by atoms with Crippen LogP contribution in [0.1, 0.15) is 57.8 Å². The molecule has 1 aliphatic heterocycles. The molecule has 1 saturated carbocycles. The van der Waals surface area contributed by atoms with Crippen LogP contribution in [0.2, 0.25) is 13.1 Å². The number of hydrogen-bond acceptors (Lipinski definition) is 2. The summed E-state index contributed by atoms with van der Waals surface area (Å²) < 4.78 is 0. The average molecular weight is 332 g/mol. The molecule has 0 spiro atoms. The van der Waals surface area contributed by atoms with E-state index in [2.05, 4.69) is 57.1 Å². The van der Waals surface area contributed by atoms with E-state index >= 15 is 0 Å². The second-order valence-corrected chi connectivity index (χ2v) is 13.8. The number of nitrogens with zero attached hydrogens (tertiary/aromatic N) is 1. The summed E-state index contributed by atoms with van der Waals surface area (Å²) >= 11 is 1.87. The molecule has 2 heterocycles. The molecule has 0 atom stereocenters. The normalized spacial score (nSPS) is 23.5. The van der Waals surface area contributed by atoms with Gasteiger partial charge in [0.25, 0.3) is 0 Å². The number of rotatable bonds is 4. The summed E-state index contributed by atoms with van der Waals surface area (Å²) in [4.78, 5) is 6.68. The Balaban J connectivity index is 1.88. The molecule has 1 aliphatic carbocycles. The summed E-state index contributed by atoms with van der Waals surface area (Å²) in [5.41, 5.74) is 4.54. The lowest BCUT2D eigenvalue weighted by Crippen LogP contribution is -2.45. The Morgan fingerprint density at radius 2 is 1.95 bits per heavy atom. The van der Waals surface area contributed by atoms with E-state index in [9.17, 15) is 0 Å². The summed E-state index contributed by atoms with van der Waals surface area (Å²) in [6.07, 6.45) is 6.76. The smallest absolute Gasteiger partial charge is 0.125 e. The molecule has 0 aromatic carbocycles. The van der Waals surface area contributed by atoms with Gasteiger partial charge in [0, 0.05) is 21.3 Å². The van der Waals surface area contributed by atoms with Crippen LogP contribution in [-0.4, -0.2) is 13.4 Å². The predicted molar refractivity (Wildman–Crippen MR) is 102 cm³/mol. The SMILES string of the molecule is CC1(CC2=C[Si](C)(C)C(C(C)(C)c3cccs3)=N2)CCCC1. The Morgan fingerprint density at radius 1 is 1.27 bits per heavy atom. The molecular weight excluding hydrogens is 302 g/mol. The fraction of sp³-hybridized carbons (Fsp3) is 0.632. The number of allylic oxidation sites excluding steroid dienone is 1. The maximum Gasteiger partial charge on any atom is 0.125 e. The zero-order valence-corrected chi connectivity index (χ0v) is 16.5. The van der Waals surface area contributed by atoms with Gasteiger partial charge in [0.15, 0.2) is 0 Å². The van der Waals surface area contributed by atoms with Gasteiger partial charge in [-0.1, -0.05) is 58.5 Å². The lowest BCUT2D eigenvalue weighted by molar-refractivity contribution is 0.333. The standard InChI is InChI=1S/C19H29NSSi/c1-18(2,16-9-8-12-21-16)17-20-15(14-22(17,4)5)13-19(3)10-6-7-11-19/h8-9,12,14H,6-7,10-11,13H2,1-5H3. The van der Waals surface area contributed by atoms with Gasteiger partial charge in [-0.25, -0.2) is 0 Å². The minimum absolute atomic E-state index is 0.0821. The minimum Gasteiger partial charge on any atom is -0.266 e. The summed E-state index contributed by atoms with van der Waals surface area (Å²) in [6, 6.07) is 4.44. The monoisotopic (exact) mass is 331 g/mol. The lowest BCUT2D eigenvalue weighted by Gasteiger charge is -2.31. The molecule has 120 valence electrons. The molecule has 22 heavy (non-hydrogen) atoms. The number of hydrogen-bond donors (Lipinski definition) is 0. The molecule has 1 aromatic heterocycles. The van der Waals surface area contributed by atoms with Gasteiger partial charge in [0.2, 0.25) is 0 Å². The Hall–Kier alpha value is -0.673. The van der Waals surface area contributed by atoms with Crippen LogP contribution in [0.3, 0.4) is 0 Å². The van der Waals surface area contributed by atoms with Crippen LogP contribution in [0.25, 0.3) is 0 Å². The molecule has 0 N–H and O–H groups in total. The molecule has 3 heteroatoms. The first-order valence-electron chi connectivity index (χ1n) is 8.58. The van der Waals surface area contributed by atoms with Crippen LogP contribution in [0.5, 0.6) is 0 Å². The van der Waals surface area contributed by atoms with Crippen LogP contribution in [0, 0.1) is 5.41 Å². The van der Waals surface area contributed by atoms with Crippen molar-refractivity contribution in [3.05, 3.63) is 33.8 Å². The van der Waals surface area contributed by atoms with Crippen molar-refractivity contribution < 1.29 is 0 Å². The first kappa shape index (κ1) is 16.2. The molecule has 0 radical (unpaired) electrons. The third-order valence-electron chi connectivity index (χ3n) is 5.54. The third kappa shape index (κ3) is 2.90. The molecule has 0 bridgehead atoms. The second kappa shape index (κ2) is 5.45. The van der Waals surface area contributed by atoms with Crippen molar-refractivity contribution in [1.29, 1.82) is 0 Å². The van der Waals surface area contributed by atoms with Gasteiger partial charge in [-0.3, -0.25) is 4.99 Å². The van der Waals surface area contributed by atoms with Gasteiger partial charge >= 0.3 is 0 Å². The number of thiophene rings is 1. The summed E-state index contributed by atoms with van der Waals surface area (Å²) in [6.45, 7) is 12.1. The van der Waals surface area contributed by atoms with Gasteiger partial charge in [-0.15, -0.1) is 11.3 Å². The Bertz CT molecular complexity index is 601. The van der Waals surface area contributed by atoms with Crippen molar-refractivity contribution >= 4 is 24.7 Å². The maximum atomic E-state index is 5.22. The van der Waals surface area contributed by atoms with E-state index in [1.807, 2.05) is 11.3 Å². The fourth-order valence-electron chi connectivity index (χ4n) is 4.43. The zero-order chi connectivity index (χ0) is 16.0. The van der Waals surface area contributed by atoms with Gasteiger partial charge in [-0.05, 0) is 36.1 Å². The molecule has 3 rings (SSSR count). The van der Waals surface area contributed by atoms with Crippen LogP contribution in [-0.2, 0) is 5.41 Å². The van der Waals surface area contributed by atoms with Crippen molar-refractivity contribution in [3.63, 3.8) is 0 Å². The van der Waals surface area contributed by atoms with Gasteiger partial charge in [0.1, 0.15) is 8.07 Å². The van der Waals surface area contributed by atoms with E-state index in [-0.39, 0.29) is 5.41 Å². The van der Waals surface area contributed by atoms with E-state index in [0.29, 0.717) is 5.41 Å². The Kier molecular flexibility index (Phi) is 4.01. The Morgan fingerprint density at radius 3 is 2.55 bits per heavy atom. The average Bonchev–Trinajstić information content (AvgIpc) is 3.10. The second-order valence-electron chi connectivity index (χ2n) is 8.61. The molecule has 1 aromatic rings. The van der Waals surface area contributed by atoms with E-state index in [1.165, 1.54) is 48.0 Å². The van der Waals surface area contributed by atoms with E-state index in [1.54, 1.807) is 0 Å². The van der Waals surface area contributed by atoms with Gasteiger partial charge in [0.05, 0.1) is 0 Å². The van der Waals surface area contributed by atoms with E-state index in [0.717, 1.165) is 0 Å². The van der Waals surface area contributed by atoms with Crippen LogP contribution >= 0.6 is 11.3 Å². The molecule has 0 unspecified atom stereocenters. The summed E-state index contributed by atoms with van der Waals surface area (Å²) in [5, 5.41) is 3.66. The number of aliphatic imine (C=N–C) groups is 1. The molecule has 1 fully saturated rings. The van der Waals surface area contributed by atoms with Crippen molar-refractivity contribution in [2.24, 2.45) is 10.4 Å². The highest BCUT2D eigenvalue weighted by Gasteiger charge is 2.43. The summed E-state index contributed by atoms with van der Waals surface area (Å²) in [5.74, 6) is 0. The van der Waals surface area contributed by atoms with Gasteiger partial charge < -0.3 is 0 Å². The highest BCUT2D eigenvalue weighted by atomic mass is 32.1. The first-order valence-corrected chi connectivity index (χ1v) is 12.5. The minimum atomic E-state index is -1.53. The van der Waals surface area contributed by atoms with Crippen LogP contribution in [0.15, 0.2) is 33.9 Å². The molecule has 2 aliphatic rings. The Labute approximate surface area is 140 Å². The lowest BCUT2D eigenvalue weighted by atomic mass is 9.84.